The van der Waals surface area contributed by atoms with Crippen LogP contribution >= 0.6 is 0 Å². The van der Waals surface area contributed by atoms with Crippen LogP contribution in [-0.2, 0) is 0 Å². The first-order valence-corrected chi connectivity index (χ1v) is 3.13. The van der Waals surface area contributed by atoms with E-state index in [1.165, 1.54) is 24.4 Å². The summed E-state index contributed by atoms with van der Waals surface area (Å²) in [5.74, 6) is 0.0520. The molecule has 0 bridgehead atoms. The summed E-state index contributed by atoms with van der Waals surface area (Å²) in [6.07, 6.45) is 2.92. The van der Waals surface area contributed by atoms with Gasteiger partial charge in [-0.1, -0.05) is 0 Å². The van der Waals surface area contributed by atoms with E-state index in [1.54, 1.807) is 6.08 Å². The van der Waals surface area contributed by atoms with Crippen LogP contribution in [0.5, 0.6) is 11.5 Å². The fourth-order valence-electron chi connectivity index (χ4n) is 0.825. The van der Waals surface area contributed by atoms with Crippen molar-refractivity contribution in [3.05, 3.63) is 30.0 Å². The summed E-state index contributed by atoms with van der Waals surface area (Å²) in [6.45, 7) is 0. The van der Waals surface area contributed by atoms with Crippen molar-refractivity contribution in [2.45, 2.75) is 0 Å². The Balaban J connectivity index is 3.08. The number of benzene rings is 1. The van der Waals surface area contributed by atoms with E-state index in [0.29, 0.717) is 5.56 Å². The zero-order chi connectivity index (χ0) is 8.27. The first-order chi connectivity index (χ1) is 5.22. The number of hydrogen-bond donors (Lipinski definition) is 3. The molecule has 0 amide bonds. The van der Waals surface area contributed by atoms with Crippen LogP contribution in [0, 0.1) is 0 Å². The maximum absolute atomic E-state index is 8.99. The molecule has 0 atom stereocenters. The molecule has 11 heavy (non-hydrogen) atoms. The lowest BCUT2D eigenvalue weighted by molar-refractivity contribution is 0.450. The Morgan fingerprint density at radius 3 is 2.09 bits per heavy atom. The number of aromatic hydroxyl groups is 2. The third-order valence-electron chi connectivity index (χ3n) is 1.21. The molecule has 1 aromatic rings. The number of hydrogen-bond acceptors (Lipinski definition) is 3. The van der Waals surface area contributed by atoms with Gasteiger partial charge >= 0.3 is 0 Å². The molecule has 1 aromatic carbocycles. The summed E-state index contributed by atoms with van der Waals surface area (Å²) >= 11 is 0. The summed E-state index contributed by atoms with van der Waals surface area (Å²) in [5, 5.41) is 18.0. The van der Waals surface area contributed by atoms with E-state index < -0.39 is 0 Å². The smallest absolute Gasteiger partial charge is 0.119 e. The van der Waals surface area contributed by atoms with Gasteiger partial charge in [0.2, 0.25) is 0 Å². The van der Waals surface area contributed by atoms with Gasteiger partial charge in [0, 0.05) is 6.07 Å². The molecular weight excluding hydrogens is 142 g/mol. The van der Waals surface area contributed by atoms with Crippen LogP contribution in [0.2, 0.25) is 0 Å². The second-order valence-corrected chi connectivity index (χ2v) is 2.14. The molecule has 0 fully saturated rings. The zero-order valence-corrected chi connectivity index (χ0v) is 5.86. The number of nitrogens with two attached hydrogens (primary N) is 1. The molecule has 58 valence electrons. The minimum Gasteiger partial charge on any atom is -0.508 e. The third-order valence-corrected chi connectivity index (χ3v) is 1.21. The van der Waals surface area contributed by atoms with Gasteiger partial charge in [-0.2, -0.15) is 0 Å². The number of phenolic OH excluding ortho intramolecular Hbond substituents is 2. The lowest BCUT2D eigenvalue weighted by Crippen LogP contribution is -1.77. The van der Waals surface area contributed by atoms with E-state index >= 15 is 0 Å². The molecule has 0 saturated heterocycles. The molecule has 0 aliphatic carbocycles. The van der Waals surface area contributed by atoms with Gasteiger partial charge in [-0.3, -0.25) is 0 Å². The Morgan fingerprint density at radius 1 is 1.09 bits per heavy atom. The zero-order valence-electron chi connectivity index (χ0n) is 5.86. The fraction of sp³-hybridized carbons (Fsp3) is 0. The summed E-state index contributed by atoms with van der Waals surface area (Å²) in [6, 6.07) is 4.26. The Bertz CT molecular complexity index is 261. The number of rotatable bonds is 1. The highest BCUT2D eigenvalue weighted by atomic mass is 16.3. The average Bonchev–Trinajstić information content (AvgIpc) is 1.85. The summed E-state index contributed by atoms with van der Waals surface area (Å²) < 4.78 is 0. The van der Waals surface area contributed by atoms with Crippen molar-refractivity contribution >= 4 is 6.08 Å². The van der Waals surface area contributed by atoms with Crippen LogP contribution in [0.15, 0.2) is 24.4 Å². The molecule has 0 aromatic heterocycles. The van der Waals surface area contributed by atoms with E-state index in [4.69, 9.17) is 15.9 Å². The highest BCUT2D eigenvalue weighted by Crippen LogP contribution is 2.20. The van der Waals surface area contributed by atoms with Gasteiger partial charge in [0.25, 0.3) is 0 Å². The Morgan fingerprint density at radius 2 is 1.64 bits per heavy atom. The lowest BCUT2D eigenvalue weighted by Gasteiger charge is -1.96. The molecule has 0 aliphatic rings. The molecule has 0 heterocycles. The standard InChI is InChI=1S/C8H9NO2/c9-2-1-6-3-7(10)5-8(11)4-6/h1-5,10-11H,9H2/b2-1+. The molecule has 1 rings (SSSR count). The second kappa shape index (κ2) is 2.96. The van der Waals surface area contributed by atoms with Gasteiger partial charge in [-0.05, 0) is 30.0 Å². The molecule has 0 saturated carbocycles. The fourth-order valence-corrected chi connectivity index (χ4v) is 0.825. The molecule has 0 unspecified atom stereocenters. The van der Waals surface area contributed by atoms with E-state index in [1.807, 2.05) is 0 Å². The molecular formula is C8H9NO2. The van der Waals surface area contributed by atoms with Gasteiger partial charge in [0.15, 0.2) is 0 Å². The van der Waals surface area contributed by atoms with Crippen molar-refractivity contribution in [1.82, 2.24) is 0 Å². The van der Waals surface area contributed by atoms with Crippen LogP contribution < -0.4 is 5.73 Å². The van der Waals surface area contributed by atoms with E-state index in [9.17, 15) is 0 Å². The minimum absolute atomic E-state index is 0.0260. The minimum atomic E-state index is 0.0260. The number of phenols is 2. The van der Waals surface area contributed by atoms with Gasteiger partial charge in [-0.25, -0.2) is 0 Å². The van der Waals surface area contributed by atoms with Gasteiger partial charge in [0.05, 0.1) is 0 Å². The van der Waals surface area contributed by atoms with Crippen LogP contribution in [0.4, 0.5) is 0 Å². The largest absolute Gasteiger partial charge is 0.508 e. The van der Waals surface area contributed by atoms with E-state index in [-0.39, 0.29) is 11.5 Å². The predicted octanol–water partition coefficient (Wildman–Crippen LogP) is 1.03. The van der Waals surface area contributed by atoms with E-state index in [0.717, 1.165) is 0 Å². The quantitative estimate of drug-likeness (QED) is 0.561. The lowest BCUT2D eigenvalue weighted by atomic mass is 10.2. The Kier molecular flexibility index (Phi) is 2.01. The Labute approximate surface area is 64.4 Å². The molecule has 0 spiro atoms. The van der Waals surface area contributed by atoms with Crippen molar-refractivity contribution in [3.63, 3.8) is 0 Å². The molecule has 3 heteroatoms. The summed E-state index contributed by atoms with van der Waals surface area (Å²) in [4.78, 5) is 0. The maximum atomic E-state index is 8.99. The SMILES string of the molecule is N/C=C/c1cc(O)cc(O)c1. The van der Waals surface area contributed by atoms with Crippen molar-refractivity contribution in [3.8, 4) is 11.5 Å². The first-order valence-electron chi connectivity index (χ1n) is 3.13. The highest BCUT2D eigenvalue weighted by molar-refractivity contribution is 5.54. The predicted molar refractivity (Wildman–Crippen MR) is 43.0 cm³/mol. The Hall–Kier alpha value is -1.64. The first kappa shape index (κ1) is 7.47. The van der Waals surface area contributed by atoms with Crippen LogP contribution in [0.3, 0.4) is 0 Å². The summed E-state index contributed by atoms with van der Waals surface area (Å²) in [5.41, 5.74) is 5.79. The van der Waals surface area contributed by atoms with Crippen molar-refractivity contribution < 1.29 is 10.2 Å². The average molecular weight is 151 g/mol. The second-order valence-electron chi connectivity index (χ2n) is 2.14. The molecule has 0 aliphatic heterocycles. The normalized spacial score (nSPS) is 10.5. The van der Waals surface area contributed by atoms with Crippen molar-refractivity contribution in [2.75, 3.05) is 0 Å². The van der Waals surface area contributed by atoms with E-state index in [2.05, 4.69) is 0 Å². The third kappa shape index (κ3) is 1.89. The van der Waals surface area contributed by atoms with Crippen LogP contribution in [-0.4, -0.2) is 10.2 Å². The summed E-state index contributed by atoms with van der Waals surface area (Å²) in [7, 11) is 0. The molecule has 4 N–H and O–H groups in total. The molecule has 3 nitrogen and oxygen atoms in total. The topological polar surface area (TPSA) is 66.5 Å². The molecule has 0 radical (unpaired) electrons. The highest BCUT2D eigenvalue weighted by Gasteiger charge is 1.94. The van der Waals surface area contributed by atoms with Gasteiger partial charge < -0.3 is 15.9 Å². The van der Waals surface area contributed by atoms with Gasteiger partial charge in [-0.15, -0.1) is 0 Å². The van der Waals surface area contributed by atoms with Crippen LogP contribution in [0.25, 0.3) is 6.08 Å². The van der Waals surface area contributed by atoms with Crippen molar-refractivity contribution in [2.24, 2.45) is 5.73 Å². The van der Waals surface area contributed by atoms with Crippen LogP contribution in [0.1, 0.15) is 5.56 Å². The monoisotopic (exact) mass is 151 g/mol. The van der Waals surface area contributed by atoms with Crippen molar-refractivity contribution in [1.29, 1.82) is 0 Å². The van der Waals surface area contributed by atoms with Gasteiger partial charge in [0.1, 0.15) is 11.5 Å². The maximum Gasteiger partial charge on any atom is 0.119 e.